The minimum atomic E-state index is 0.439. The molecular weight excluding hydrogens is 321 g/mol. The van der Waals surface area contributed by atoms with E-state index in [1.165, 1.54) is 0 Å². The average Bonchev–Trinajstić information content (AvgIpc) is 2.52. The SMILES string of the molecule is Clc1ccc(Oc2ccnc(Oc3ccc(Cl)cc3)c2)cc1. The largest absolute Gasteiger partial charge is 0.457 e. The summed E-state index contributed by atoms with van der Waals surface area (Å²) in [5.74, 6) is 2.41. The first-order valence-electron chi connectivity index (χ1n) is 6.52. The summed E-state index contributed by atoms with van der Waals surface area (Å²) in [6.07, 6.45) is 1.62. The molecule has 3 nitrogen and oxygen atoms in total. The summed E-state index contributed by atoms with van der Waals surface area (Å²) in [4.78, 5) is 4.16. The lowest BCUT2D eigenvalue weighted by Gasteiger charge is -2.08. The molecule has 0 N–H and O–H groups in total. The zero-order valence-corrected chi connectivity index (χ0v) is 12.9. The van der Waals surface area contributed by atoms with Gasteiger partial charge in [-0.05, 0) is 54.6 Å². The van der Waals surface area contributed by atoms with Gasteiger partial charge < -0.3 is 9.47 Å². The van der Waals surface area contributed by atoms with E-state index in [0.717, 1.165) is 0 Å². The van der Waals surface area contributed by atoms with Crippen molar-refractivity contribution in [3.63, 3.8) is 0 Å². The lowest BCUT2D eigenvalue weighted by atomic mass is 10.3. The highest BCUT2D eigenvalue weighted by molar-refractivity contribution is 6.30. The maximum atomic E-state index is 5.85. The lowest BCUT2D eigenvalue weighted by Crippen LogP contribution is -1.89. The summed E-state index contributed by atoms with van der Waals surface area (Å²) in [7, 11) is 0. The number of hydrogen-bond acceptors (Lipinski definition) is 3. The molecule has 0 unspecified atom stereocenters. The molecule has 5 heteroatoms. The molecule has 0 fully saturated rings. The topological polar surface area (TPSA) is 31.4 Å². The van der Waals surface area contributed by atoms with Crippen molar-refractivity contribution in [1.82, 2.24) is 4.98 Å². The first-order valence-corrected chi connectivity index (χ1v) is 7.27. The Labute approximate surface area is 138 Å². The van der Waals surface area contributed by atoms with Crippen LogP contribution in [0.4, 0.5) is 0 Å². The van der Waals surface area contributed by atoms with Crippen molar-refractivity contribution in [2.45, 2.75) is 0 Å². The van der Waals surface area contributed by atoms with Gasteiger partial charge in [0.2, 0.25) is 5.88 Å². The fourth-order valence-corrected chi connectivity index (χ4v) is 2.02. The molecule has 0 atom stereocenters. The lowest BCUT2D eigenvalue weighted by molar-refractivity contribution is 0.446. The number of benzene rings is 2. The minimum Gasteiger partial charge on any atom is -0.457 e. The summed E-state index contributed by atoms with van der Waals surface area (Å²) >= 11 is 11.7. The van der Waals surface area contributed by atoms with Crippen molar-refractivity contribution in [1.29, 1.82) is 0 Å². The van der Waals surface area contributed by atoms with Gasteiger partial charge in [-0.3, -0.25) is 0 Å². The summed E-state index contributed by atoms with van der Waals surface area (Å²) < 4.78 is 11.4. The van der Waals surface area contributed by atoms with Crippen LogP contribution in [0.1, 0.15) is 0 Å². The molecule has 3 aromatic rings. The second-order valence-electron chi connectivity index (χ2n) is 4.44. The Bertz CT molecular complexity index is 696. The third kappa shape index (κ3) is 3.91. The van der Waals surface area contributed by atoms with E-state index in [0.29, 0.717) is 33.2 Å². The van der Waals surface area contributed by atoms with Gasteiger partial charge in [-0.25, -0.2) is 4.98 Å². The van der Waals surface area contributed by atoms with Gasteiger partial charge in [0, 0.05) is 22.3 Å². The third-order valence-electron chi connectivity index (χ3n) is 2.79. The van der Waals surface area contributed by atoms with E-state index in [-0.39, 0.29) is 0 Å². The quantitative estimate of drug-likeness (QED) is 0.589. The fourth-order valence-electron chi connectivity index (χ4n) is 1.77. The minimum absolute atomic E-state index is 0.439. The van der Waals surface area contributed by atoms with Crippen LogP contribution < -0.4 is 9.47 Å². The first-order chi connectivity index (χ1) is 10.7. The molecule has 0 amide bonds. The van der Waals surface area contributed by atoms with Gasteiger partial charge in [0.05, 0.1) is 0 Å². The van der Waals surface area contributed by atoms with Crippen LogP contribution in [0, 0.1) is 0 Å². The monoisotopic (exact) mass is 331 g/mol. The second kappa shape index (κ2) is 6.69. The van der Waals surface area contributed by atoms with Crippen LogP contribution in [0.25, 0.3) is 0 Å². The van der Waals surface area contributed by atoms with E-state index in [4.69, 9.17) is 32.7 Å². The molecule has 0 aliphatic carbocycles. The highest BCUT2D eigenvalue weighted by Gasteiger charge is 2.03. The van der Waals surface area contributed by atoms with Gasteiger partial charge in [-0.15, -0.1) is 0 Å². The number of aromatic nitrogens is 1. The van der Waals surface area contributed by atoms with E-state index in [2.05, 4.69) is 4.98 Å². The van der Waals surface area contributed by atoms with Gasteiger partial charge in [0.25, 0.3) is 0 Å². The molecule has 0 saturated carbocycles. The van der Waals surface area contributed by atoms with E-state index >= 15 is 0 Å². The predicted molar refractivity (Wildman–Crippen MR) is 87.3 cm³/mol. The third-order valence-corrected chi connectivity index (χ3v) is 3.30. The molecular formula is C17H11Cl2NO2. The Kier molecular flexibility index (Phi) is 4.47. The molecule has 0 aliphatic heterocycles. The van der Waals surface area contributed by atoms with E-state index in [1.54, 1.807) is 66.9 Å². The van der Waals surface area contributed by atoms with Crippen LogP contribution in [0.3, 0.4) is 0 Å². The highest BCUT2D eigenvalue weighted by atomic mass is 35.5. The van der Waals surface area contributed by atoms with Crippen LogP contribution in [-0.2, 0) is 0 Å². The molecule has 3 rings (SSSR count). The predicted octanol–water partition coefficient (Wildman–Crippen LogP) is 5.97. The maximum absolute atomic E-state index is 5.85. The Hall–Kier alpha value is -2.23. The second-order valence-corrected chi connectivity index (χ2v) is 5.31. The van der Waals surface area contributed by atoms with Crippen molar-refractivity contribution in [3.05, 3.63) is 76.9 Å². The van der Waals surface area contributed by atoms with Crippen LogP contribution in [0.15, 0.2) is 66.9 Å². The fraction of sp³-hybridized carbons (Fsp3) is 0. The van der Waals surface area contributed by atoms with Crippen molar-refractivity contribution < 1.29 is 9.47 Å². The summed E-state index contributed by atoms with van der Waals surface area (Å²) in [5, 5.41) is 1.31. The van der Waals surface area contributed by atoms with Crippen molar-refractivity contribution in [2.75, 3.05) is 0 Å². The molecule has 2 aromatic carbocycles. The van der Waals surface area contributed by atoms with Crippen molar-refractivity contribution in [3.8, 4) is 23.1 Å². The van der Waals surface area contributed by atoms with Gasteiger partial charge >= 0.3 is 0 Å². The van der Waals surface area contributed by atoms with E-state index in [9.17, 15) is 0 Å². The van der Waals surface area contributed by atoms with Crippen LogP contribution in [-0.4, -0.2) is 4.98 Å². The number of rotatable bonds is 4. The Balaban J connectivity index is 1.74. The molecule has 22 heavy (non-hydrogen) atoms. The average molecular weight is 332 g/mol. The Morgan fingerprint density at radius 2 is 1.18 bits per heavy atom. The number of halogens is 2. The molecule has 0 radical (unpaired) electrons. The number of ether oxygens (including phenoxy) is 2. The normalized spacial score (nSPS) is 10.3. The number of hydrogen-bond donors (Lipinski definition) is 0. The highest BCUT2D eigenvalue weighted by Crippen LogP contribution is 2.27. The van der Waals surface area contributed by atoms with Gasteiger partial charge in [-0.2, -0.15) is 0 Å². The van der Waals surface area contributed by atoms with Crippen LogP contribution in [0.2, 0.25) is 10.0 Å². The zero-order chi connectivity index (χ0) is 15.4. The standard InChI is InChI=1S/C17H11Cl2NO2/c18-12-1-5-14(6-2-12)21-16-9-10-20-17(11-16)22-15-7-3-13(19)4-8-15/h1-11H. The van der Waals surface area contributed by atoms with Crippen molar-refractivity contribution >= 4 is 23.2 Å². The van der Waals surface area contributed by atoms with Crippen molar-refractivity contribution in [2.24, 2.45) is 0 Å². The Morgan fingerprint density at radius 1 is 0.636 bits per heavy atom. The molecule has 0 spiro atoms. The van der Waals surface area contributed by atoms with Gasteiger partial charge in [0.1, 0.15) is 17.2 Å². The van der Waals surface area contributed by atoms with E-state index < -0.39 is 0 Å². The van der Waals surface area contributed by atoms with Gasteiger partial charge in [-0.1, -0.05) is 23.2 Å². The summed E-state index contributed by atoms with van der Waals surface area (Å²) in [5.41, 5.74) is 0. The number of pyridine rings is 1. The smallest absolute Gasteiger partial charge is 0.222 e. The van der Waals surface area contributed by atoms with Crippen LogP contribution in [0.5, 0.6) is 23.1 Å². The molecule has 0 saturated heterocycles. The van der Waals surface area contributed by atoms with Crippen LogP contribution >= 0.6 is 23.2 Å². The first kappa shape index (κ1) is 14.7. The van der Waals surface area contributed by atoms with Gasteiger partial charge in [0.15, 0.2) is 0 Å². The zero-order valence-electron chi connectivity index (χ0n) is 11.4. The molecule has 1 aromatic heterocycles. The molecule has 0 aliphatic rings. The number of nitrogens with zero attached hydrogens (tertiary/aromatic N) is 1. The molecule has 1 heterocycles. The maximum Gasteiger partial charge on any atom is 0.222 e. The summed E-state index contributed by atoms with van der Waals surface area (Å²) in [6, 6.07) is 17.6. The molecule has 0 bridgehead atoms. The summed E-state index contributed by atoms with van der Waals surface area (Å²) in [6.45, 7) is 0. The molecule has 110 valence electrons. The van der Waals surface area contributed by atoms with E-state index in [1.807, 2.05) is 0 Å². The Morgan fingerprint density at radius 3 is 1.77 bits per heavy atom.